The molecule has 2 rings (SSSR count). The summed E-state index contributed by atoms with van der Waals surface area (Å²) in [6.45, 7) is 1.44. The van der Waals surface area contributed by atoms with Crippen molar-refractivity contribution in [1.82, 2.24) is 4.98 Å². The summed E-state index contributed by atoms with van der Waals surface area (Å²) in [6, 6.07) is 7.15. The number of benzene rings is 1. The highest BCUT2D eigenvalue weighted by atomic mass is 16.5. The van der Waals surface area contributed by atoms with E-state index in [4.69, 9.17) is 14.6 Å². The SMILES string of the molecule is COc1cccc2c(OCC(=O)O)cc(C)nc12. The second-order valence-electron chi connectivity index (χ2n) is 3.80. The molecule has 0 aliphatic heterocycles. The molecule has 0 aliphatic carbocycles. The van der Waals surface area contributed by atoms with Crippen molar-refractivity contribution >= 4 is 16.9 Å². The molecule has 0 aliphatic rings. The molecule has 0 saturated carbocycles. The van der Waals surface area contributed by atoms with Crippen LogP contribution in [0.3, 0.4) is 0 Å². The zero-order valence-electron chi connectivity index (χ0n) is 10.1. The Morgan fingerprint density at radius 3 is 2.83 bits per heavy atom. The van der Waals surface area contributed by atoms with Crippen LogP contribution < -0.4 is 9.47 Å². The topological polar surface area (TPSA) is 68.7 Å². The zero-order chi connectivity index (χ0) is 13.1. The van der Waals surface area contributed by atoms with Gasteiger partial charge < -0.3 is 14.6 Å². The molecule has 2 aromatic rings. The molecular weight excluding hydrogens is 234 g/mol. The van der Waals surface area contributed by atoms with Crippen molar-refractivity contribution in [2.75, 3.05) is 13.7 Å². The fourth-order valence-corrected chi connectivity index (χ4v) is 1.74. The Balaban J connectivity index is 2.55. The van der Waals surface area contributed by atoms with E-state index in [2.05, 4.69) is 4.98 Å². The van der Waals surface area contributed by atoms with E-state index >= 15 is 0 Å². The summed E-state index contributed by atoms with van der Waals surface area (Å²) in [5.41, 5.74) is 1.41. The number of aromatic nitrogens is 1. The summed E-state index contributed by atoms with van der Waals surface area (Å²) in [7, 11) is 1.57. The summed E-state index contributed by atoms with van der Waals surface area (Å²) in [6.07, 6.45) is 0. The molecule has 0 bridgehead atoms. The van der Waals surface area contributed by atoms with E-state index in [9.17, 15) is 4.79 Å². The van der Waals surface area contributed by atoms with Gasteiger partial charge in [-0.25, -0.2) is 9.78 Å². The lowest BCUT2D eigenvalue weighted by molar-refractivity contribution is -0.139. The zero-order valence-corrected chi connectivity index (χ0v) is 10.1. The van der Waals surface area contributed by atoms with Crippen LogP contribution in [0, 0.1) is 6.92 Å². The van der Waals surface area contributed by atoms with Crippen LogP contribution in [0.15, 0.2) is 24.3 Å². The number of carboxylic acids is 1. The number of fused-ring (bicyclic) bond motifs is 1. The molecule has 18 heavy (non-hydrogen) atoms. The molecule has 0 unspecified atom stereocenters. The molecule has 94 valence electrons. The molecule has 0 saturated heterocycles. The number of nitrogens with zero attached hydrogens (tertiary/aromatic N) is 1. The second kappa shape index (κ2) is 4.91. The lowest BCUT2D eigenvalue weighted by Gasteiger charge is -2.10. The minimum Gasteiger partial charge on any atom is -0.494 e. The van der Waals surface area contributed by atoms with Gasteiger partial charge in [-0.1, -0.05) is 6.07 Å². The molecule has 5 nitrogen and oxygen atoms in total. The smallest absolute Gasteiger partial charge is 0.341 e. The third-order valence-electron chi connectivity index (χ3n) is 2.46. The summed E-state index contributed by atoms with van der Waals surface area (Å²) in [5, 5.41) is 9.39. The number of hydrogen-bond donors (Lipinski definition) is 1. The molecule has 1 aromatic heterocycles. The monoisotopic (exact) mass is 247 g/mol. The van der Waals surface area contributed by atoms with Gasteiger partial charge in [-0.15, -0.1) is 0 Å². The third kappa shape index (κ3) is 2.34. The van der Waals surface area contributed by atoms with Crippen molar-refractivity contribution in [1.29, 1.82) is 0 Å². The Labute approximate surface area is 104 Å². The highest BCUT2D eigenvalue weighted by molar-refractivity contribution is 5.90. The van der Waals surface area contributed by atoms with E-state index in [0.29, 0.717) is 17.0 Å². The average Bonchev–Trinajstić information content (AvgIpc) is 2.35. The van der Waals surface area contributed by atoms with Crippen LogP contribution in [0.25, 0.3) is 10.9 Å². The van der Waals surface area contributed by atoms with Crippen LogP contribution in [-0.4, -0.2) is 29.8 Å². The van der Waals surface area contributed by atoms with E-state index < -0.39 is 5.97 Å². The Bertz CT molecular complexity index is 595. The van der Waals surface area contributed by atoms with Gasteiger partial charge in [0.15, 0.2) is 6.61 Å². The maximum Gasteiger partial charge on any atom is 0.341 e. The van der Waals surface area contributed by atoms with Crippen LogP contribution in [-0.2, 0) is 4.79 Å². The molecule has 0 amide bonds. The van der Waals surface area contributed by atoms with Gasteiger partial charge in [0, 0.05) is 17.1 Å². The number of aliphatic carboxylic acids is 1. The van der Waals surface area contributed by atoms with Gasteiger partial charge in [0.05, 0.1) is 7.11 Å². The first-order chi connectivity index (χ1) is 8.61. The molecule has 0 fully saturated rings. The number of carboxylic acid groups (broad SMARTS) is 1. The minimum atomic E-state index is -1.01. The van der Waals surface area contributed by atoms with E-state index in [0.717, 1.165) is 11.1 Å². The summed E-state index contributed by atoms with van der Waals surface area (Å²) >= 11 is 0. The number of carbonyl (C=O) groups is 1. The van der Waals surface area contributed by atoms with E-state index in [1.165, 1.54) is 0 Å². The average molecular weight is 247 g/mol. The van der Waals surface area contributed by atoms with Crippen molar-refractivity contribution < 1.29 is 19.4 Å². The van der Waals surface area contributed by atoms with Crippen molar-refractivity contribution in [3.8, 4) is 11.5 Å². The fraction of sp³-hybridized carbons (Fsp3) is 0.231. The Morgan fingerprint density at radius 1 is 1.39 bits per heavy atom. The first-order valence-electron chi connectivity index (χ1n) is 5.41. The maximum atomic E-state index is 10.6. The highest BCUT2D eigenvalue weighted by Crippen LogP contribution is 2.31. The van der Waals surface area contributed by atoms with Gasteiger partial charge in [-0.05, 0) is 19.1 Å². The first-order valence-corrected chi connectivity index (χ1v) is 5.41. The summed E-state index contributed by atoms with van der Waals surface area (Å²) < 4.78 is 10.5. The normalized spacial score (nSPS) is 10.3. The van der Waals surface area contributed by atoms with E-state index in [1.807, 2.05) is 19.1 Å². The van der Waals surface area contributed by atoms with Crippen LogP contribution >= 0.6 is 0 Å². The maximum absolute atomic E-state index is 10.6. The van der Waals surface area contributed by atoms with Gasteiger partial charge >= 0.3 is 5.97 Å². The minimum absolute atomic E-state index is 0.379. The molecule has 0 atom stereocenters. The predicted molar refractivity (Wildman–Crippen MR) is 66.2 cm³/mol. The van der Waals surface area contributed by atoms with E-state index in [-0.39, 0.29) is 6.61 Å². The van der Waals surface area contributed by atoms with Crippen molar-refractivity contribution in [2.24, 2.45) is 0 Å². The van der Waals surface area contributed by atoms with Gasteiger partial charge in [-0.3, -0.25) is 0 Å². The Hall–Kier alpha value is -2.30. The quantitative estimate of drug-likeness (QED) is 0.895. The lowest BCUT2D eigenvalue weighted by atomic mass is 10.1. The number of methoxy groups -OCH3 is 1. The van der Waals surface area contributed by atoms with Crippen LogP contribution in [0.2, 0.25) is 0 Å². The molecule has 0 spiro atoms. The summed E-state index contributed by atoms with van der Waals surface area (Å²) in [4.78, 5) is 14.9. The van der Waals surface area contributed by atoms with Crippen LogP contribution in [0.5, 0.6) is 11.5 Å². The molecule has 0 radical (unpaired) electrons. The number of para-hydroxylation sites is 1. The first kappa shape index (κ1) is 12.2. The summed E-state index contributed by atoms with van der Waals surface area (Å²) in [5.74, 6) is 0.121. The predicted octanol–water partition coefficient (Wildman–Crippen LogP) is 2.02. The number of rotatable bonds is 4. The molecule has 5 heteroatoms. The Morgan fingerprint density at radius 2 is 2.17 bits per heavy atom. The molecule has 1 heterocycles. The van der Waals surface area contributed by atoms with Crippen molar-refractivity contribution in [2.45, 2.75) is 6.92 Å². The van der Waals surface area contributed by atoms with Crippen molar-refractivity contribution in [3.05, 3.63) is 30.0 Å². The van der Waals surface area contributed by atoms with E-state index in [1.54, 1.807) is 19.2 Å². The van der Waals surface area contributed by atoms with Gasteiger partial charge in [0.2, 0.25) is 0 Å². The fourth-order valence-electron chi connectivity index (χ4n) is 1.74. The van der Waals surface area contributed by atoms with Crippen LogP contribution in [0.4, 0.5) is 0 Å². The van der Waals surface area contributed by atoms with Gasteiger partial charge in [-0.2, -0.15) is 0 Å². The van der Waals surface area contributed by atoms with Crippen LogP contribution in [0.1, 0.15) is 5.69 Å². The molecule has 1 N–H and O–H groups in total. The van der Waals surface area contributed by atoms with Gasteiger partial charge in [0.25, 0.3) is 0 Å². The number of ether oxygens (including phenoxy) is 2. The number of hydrogen-bond acceptors (Lipinski definition) is 4. The third-order valence-corrected chi connectivity index (χ3v) is 2.46. The molecular formula is C13H13NO4. The lowest BCUT2D eigenvalue weighted by Crippen LogP contribution is -2.10. The second-order valence-corrected chi connectivity index (χ2v) is 3.80. The largest absolute Gasteiger partial charge is 0.494 e. The number of aryl methyl sites for hydroxylation is 1. The Kier molecular flexibility index (Phi) is 3.32. The van der Waals surface area contributed by atoms with Gasteiger partial charge in [0.1, 0.15) is 17.0 Å². The van der Waals surface area contributed by atoms with Crippen molar-refractivity contribution in [3.63, 3.8) is 0 Å². The molecule has 1 aromatic carbocycles. The standard InChI is InChI=1S/C13H13NO4/c1-8-6-11(18-7-12(15)16)9-4-3-5-10(17-2)13(9)14-8/h3-6H,7H2,1-2H3,(H,15,16). The highest BCUT2D eigenvalue weighted by Gasteiger charge is 2.10. The number of pyridine rings is 1.